The normalized spacial score (nSPS) is 18.2. The van der Waals surface area contributed by atoms with Gasteiger partial charge in [-0.3, -0.25) is 4.79 Å². The van der Waals surface area contributed by atoms with Crippen molar-refractivity contribution < 1.29 is 19.1 Å². The van der Waals surface area contributed by atoms with Crippen LogP contribution in [-0.4, -0.2) is 40.5 Å². The average Bonchev–Trinajstić information content (AvgIpc) is 3.20. The van der Waals surface area contributed by atoms with Crippen molar-refractivity contribution in [1.82, 2.24) is 10.3 Å². The minimum absolute atomic E-state index is 0.0200. The molecule has 2 aromatic heterocycles. The second-order valence-corrected chi connectivity index (χ2v) is 16.9. The molecule has 0 saturated heterocycles. The third kappa shape index (κ3) is 8.52. The highest BCUT2D eigenvalue weighted by molar-refractivity contribution is 7.93. The van der Waals surface area contributed by atoms with Gasteiger partial charge >= 0.3 is 5.63 Å². The largest absolute Gasteiger partial charge is 0.480 e. The second kappa shape index (κ2) is 16.2. The molecule has 1 saturated carbocycles. The highest BCUT2D eigenvalue weighted by atomic mass is 31.2. The van der Waals surface area contributed by atoms with Gasteiger partial charge in [-0.2, -0.15) is 0 Å². The Morgan fingerprint density at radius 2 is 1.42 bits per heavy atom. The molecular formula is C44H44N3O5P. The van der Waals surface area contributed by atoms with E-state index in [-0.39, 0.29) is 18.1 Å². The molecule has 1 aliphatic carbocycles. The van der Waals surface area contributed by atoms with Crippen molar-refractivity contribution in [1.29, 1.82) is 0 Å². The Hall–Kier alpha value is -5.27. The zero-order chi connectivity index (χ0) is 36.7. The molecular weight excluding hydrogens is 681 g/mol. The summed E-state index contributed by atoms with van der Waals surface area (Å²) in [5.41, 5.74) is 1.32. The number of nitrogens with one attached hydrogen (secondary N) is 2. The lowest BCUT2D eigenvalue weighted by Gasteiger charge is -2.36. The quantitative estimate of drug-likeness (QED) is 0.118. The summed E-state index contributed by atoms with van der Waals surface area (Å²) in [5, 5.41) is 22.2. The Labute approximate surface area is 309 Å². The van der Waals surface area contributed by atoms with Crippen LogP contribution in [0.15, 0.2) is 143 Å². The molecule has 8 rings (SSSR count). The van der Waals surface area contributed by atoms with Gasteiger partial charge in [-0.1, -0.05) is 115 Å². The summed E-state index contributed by atoms with van der Waals surface area (Å²) in [6.45, 7) is -1.17. The van der Waals surface area contributed by atoms with Crippen LogP contribution in [0.4, 0.5) is 5.82 Å². The number of hydrogen-bond acceptors (Lipinski definition) is 7. The van der Waals surface area contributed by atoms with Crippen molar-refractivity contribution >= 4 is 51.8 Å². The molecule has 4 aromatic carbocycles. The highest BCUT2D eigenvalue weighted by Gasteiger charge is 2.33. The molecule has 0 radical (unpaired) electrons. The fourth-order valence-electron chi connectivity index (χ4n) is 7.17. The molecule has 8 nitrogen and oxygen atoms in total. The predicted octanol–water partition coefficient (Wildman–Crippen LogP) is 6.33. The first-order valence-electron chi connectivity index (χ1n) is 18.1. The minimum atomic E-state index is -1.78. The lowest BCUT2D eigenvalue weighted by molar-refractivity contribution is -0.118. The lowest BCUT2D eigenvalue weighted by Crippen LogP contribution is -2.41. The monoisotopic (exact) mass is 725 g/mol. The number of para-hydroxylation sites is 1. The van der Waals surface area contributed by atoms with Crippen molar-refractivity contribution in [3.05, 3.63) is 155 Å². The summed E-state index contributed by atoms with van der Waals surface area (Å²) in [6, 6.07) is 45.0. The summed E-state index contributed by atoms with van der Waals surface area (Å²) in [5.74, 6) is 0.858. The summed E-state index contributed by atoms with van der Waals surface area (Å²) in [4.78, 5) is 27.6. The third-order valence-corrected chi connectivity index (χ3v) is 13.7. The summed E-state index contributed by atoms with van der Waals surface area (Å²) >= 11 is 0. The Bertz CT molecular complexity index is 2170. The zero-order valence-corrected chi connectivity index (χ0v) is 30.5. The number of amides is 1. The van der Waals surface area contributed by atoms with E-state index in [1.807, 2.05) is 30.3 Å². The van der Waals surface area contributed by atoms with Gasteiger partial charge in [-0.25, -0.2) is 9.78 Å². The number of aliphatic hydroxyl groups is 1. The number of benzene rings is 4. The number of fused-ring (bicyclic) bond motifs is 2. The first-order valence-corrected chi connectivity index (χ1v) is 20.1. The highest BCUT2D eigenvalue weighted by Crippen LogP contribution is 2.41. The van der Waals surface area contributed by atoms with E-state index in [1.54, 1.807) is 6.07 Å². The molecule has 0 atom stereocenters. The number of hydrogen-bond donors (Lipinski definition) is 3. The van der Waals surface area contributed by atoms with Crippen LogP contribution in [-0.2, 0) is 17.8 Å². The molecule has 3 heterocycles. The van der Waals surface area contributed by atoms with Crippen molar-refractivity contribution in [2.45, 2.75) is 56.7 Å². The Kier molecular flexibility index (Phi) is 11.0. The first-order chi connectivity index (χ1) is 25.8. The molecule has 0 bridgehead atoms. The molecule has 53 heavy (non-hydrogen) atoms. The van der Waals surface area contributed by atoms with E-state index < -0.39 is 12.5 Å². The molecule has 6 aromatic rings. The van der Waals surface area contributed by atoms with Crippen LogP contribution < -0.4 is 36.9 Å². The number of aryl methyl sites for hydroxylation is 1. The summed E-state index contributed by atoms with van der Waals surface area (Å²) in [7, 11) is 0. The van der Waals surface area contributed by atoms with Crippen molar-refractivity contribution in [3.63, 3.8) is 0 Å². The van der Waals surface area contributed by atoms with Gasteiger partial charge in [0.15, 0.2) is 18.2 Å². The first kappa shape index (κ1) is 36.1. The van der Waals surface area contributed by atoms with Crippen LogP contribution in [0.1, 0.15) is 43.4 Å². The lowest BCUT2D eigenvalue weighted by atomic mass is 9.78. The molecule has 0 spiro atoms. The number of anilines is 1. The van der Waals surface area contributed by atoms with E-state index in [0.717, 1.165) is 29.5 Å². The molecule has 2 aliphatic rings. The second-order valence-electron chi connectivity index (χ2n) is 13.8. The van der Waals surface area contributed by atoms with Crippen LogP contribution in [0.2, 0.25) is 0 Å². The van der Waals surface area contributed by atoms with Gasteiger partial charge in [-0.15, -0.1) is 0 Å². The van der Waals surface area contributed by atoms with Gasteiger partial charge < -0.3 is 24.9 Å². The van der Waals surface area contributed by atoms with E-state index in [9.17, 15) is 14.7 Å². The van der Waals surface area contributed by atoms with Crippen molar-refractivity contribution in [2.24, 2.45) is 0 Å². The van der Waals surface area contributed by atoms with Crippen LogP contribution in [0.25, 0.3) is 11.0 Å². The van der Waals surface area contributed by atoms with Gasteiger partial charge in [0, 0.05) is 24.0 Å². The number of pyridine rings is 1. The predicted molar refractivity (Wildman–Crippen MR) is 215 cm³/mol. The fraction of sp³-hybridized carbons (Fsp3) is 0.227. The van der Waals surface area contributed by atoms with Gasteiger partial charge in [0.25, 0.3) is 5.91 Å². The Balaban J connectivity index is 0.000000186. The molecule has 0 unspecified atom stereocenters. The van der Waals surface area contributed by atoms with Crippen LogP contribution in [0, 0.1) is 0 Å². The van der Waals surface area contributed by atoms with Crippen molar-refractivity contribution in [2.75, 3.05) is 11.9 Å². The smallest absolute Gasteiger partial charge is 0.336 e. The van der Waals surface area contributed by atoms with Gasteiger partial charge in [-0.05, 0) is 85.1 Å². The minimum Gasteiger partial charge on any atom is -0.480 e. The van der Waals surface area contributed by atoms with E-state index in [4.69, 9.17) is 15.5 Å². The summed E-state index contributed by atoms with van der Waals surface area (Å²) in [6.07, 6.45) is 9.13. The molecule has 270 valence electrons. The van der Waals surface area contributed by atoms with Crippen LogP contribution >= 0.6 is 6.89 Å². The Morgan fingerprint density at radius 3 is 2.04 bits per heavy atom. The third-order valence-electron chi connectivity index (χ3n) is 10.2. The van der Waals surface area contributed by atoms with E-state index >= 15 is 0 Å². The van der Waals surface area contributed by atoms with E-state index in [0.29, 0.717) is 55.4 Å². The van der Waals surface area contributed by atoms with Crippen LogP contribution in [0.5, 0.6) is 5.75 Å². The molecule has 3 N–H and O–H groups in total. The number of nitrogens with zero attached hydrogens (tertiary/aromatic N) is 1. The number of carbonyl (C=O) groups excluding carboxylic acids is 1. The SMILES string of the molecule is C=P(c1ccccc1)(c1ccccc1)c1ccccc1.O=C1COc2ccc(CNC3CCC(O)(CCc4cccc5ccc(=O)oc45)CC3)nc2N1. The number of carbonyl (C=O) groups is 1. The molecule has 1 aliphatic heterocycles. The standard InChI is InChI=1S/C25H27N3O5.C19H17P/c29-21-15-32-20-6-5-19(27-24(20)28-21)14-26-18-9-12-25(31,13-10-18)11-8-17-3-1-2-16-4-7-22(30)33-23(16)17;1-20(17-11-5-2-6-12-17,18-13-7-3-8-14-18)19-15-9-4-10-16-19/h1-7,18,26,31H,8-15H2,(H,27,28,29);2-16H,1H2. The Morgan fingerprint density at radius 1 is 0.792 bits per heavy atom. The number of ether oxygens (including phenoxy) is 1. The topological polar surface area (TPSA) is 114 Å². The maximum Gasteiger partial charge on any atom is 0.336 e. The maximum absolute atomic E-state index is 11.6. The van der Waals surface area contributed by atoms with Crippen molar-refractivity contribution in [3.8, 4) is 5.75 Å². The van der Waals surface area contributed by atoms with Gasteiger partial charge in [0.05, 0.1) is 11.3 Å². The maximum atomic E-state index is 11.6. The van der Waals surface area contributed by atoms with E-state index in [1.165, 1.54) is 22.0 Å². The molecule has 1 amide bonds. The summed E-state index contributed by atoms with van der Waals surface area (Å²) < 4.78 is 10.8. The van der Waals surface area contributed by atoms with Gasteiger partial charge in [0.2, 0.25) is 0 Å². The van der Waals surface area contributed by atoms with E-state index in [2.05, 4.69) is 107 Å². The molecule has 1 fully saturated rings. The fourth-order valence-corrected chi connectivity index (χ4v) is 10.1. The average molecular weight is 726 g/mol. The van der Waals surface area contributed by atoms with Crippen LogP contribution in [0.3, 0.4) is 0 Å². The number of rotatable bonds is 9. The number of aromatic nitrogens is 1. The molecule has 9 heteroatoms. The van der Waals surface area contributed by atoms with Gasteiger partial charge in [0.1, 0.15) is 5.58 Å². The zero-order valence-electron chi connectivity index (χ0n) is 29.6.